The van der Waals surface area contributed by atoms with Crippen molar-refractivity contribution < 1.29 is 4.79 Å². The first kappa shape index (κ1) is 15.4. The molecule has 2 rings (SSSR count). The van der Waals surface area contributed by atoms with Crippen LogP contribution >= 0.6 is 15.9 Å². The summed E-state index contributed by atoms with van der Waals surface area (Å²) in [6, 6.07) is 3.62. The topological polar surface area (TPSA) is 66.9 Å². The molecule has 110 valence electrons. The van der Waals surface area contributed by atoms with Gasteiger partial charge in [-0.05, 0) is 41.4 Å². The third kappa shape index (κ3) is 4.01. The Balaban J connectivity index is 2.24. The van der Waals surface area contributed by atoms with E-state index in [-0.39, 0.29) is 5.91 Å². The number of hydrogen-bond donors (Lipinski definition) is 2. The number of pyridine rings is 2. The van der Waals surface area contributed by atoms with Crippen molar-refractivity contribution in [2.75, 3.05) is 17.2 Å². The van der Waals surface area contributed by atoms with Crippen LogP contribution in [-0.2, 0) is 0 Å². The van der Waals surface area contributed by atoms with Crippen LogP contribution in [-0.4, -0.2) is 22.4 Å². The molecule has 6 heteroatoms. The number of anilines is 2. The zero-order valence-electron chi connectivity index (χ0n) is 12.0. The number of aryl methyl sites for hydroxylation is 1. The molecule has 0 unspecified atom stereocenters. The quantitative estimate of drug-likeness (QED) is 0.865. The van der Waals surface area contributed by atoms with Crippen molar-refractivity contribution in [1.29, 1.82) is 0 Å². The second-order valence-electron chi connectivity index (χ2n) is 4.61. The highest BCUT2D eigenvalue weighted by molar-refractivity contribution is 9.10. The second-order valence-corrected chi connectivity index (χ2v) is 5.46. The van der Waals surface area contributed by atoms with Crippen LogP contribution in [0.5, 0.6) is 0 Å². The molecule has 21 heavy (non-hydrogen) atoms. The van der Waals surface area contributed by atoms with Gasteiger partial charge >= 0.3 is 0 Å². The average molecular weight is 349 g/mol. The zero-order chi connectivity index (χ0) is 15.2. The van der Waals surface area contributed by atoms with Crippen LogP contribution in [0.15, 0.2) is 35.2 Å². The summed E-state index contributed by atoms with van der Waals surface area (Å²) >= 11 is 3.36. The van der Waals surface area contributed by atoms with Crippen LogP contribution in [0, 0.1) is 6.92 Å². The van der Waals surface area contributed by atoms with E-state index in [0.717, 1.165) is 28.8 Å². The first-order valence-electron chi connectivity index (χ1n) is 6.73. The Hall–Kier alpha value is -1.95. The third-order valence-corrected chi connectivity index (χ3v) is 3.50. The third-order valence-electron chi connectivity index (χ3n) is 2.87. The Labute approximate surface area is 132 Å². The van der Waals surface area contributed by atoms with Crippen molar-refractivity contribution in [1.82, 2.24) is 9.97 Å². The number of amides is 1. The van der Waals surface area contributed by atoms with Gasteiger partial charge < -0.3 is 10.6 Å². The summed E-state index contributed by atoms with van der Waals surface area (Å²) in [4.78, 5) is 20.6. The molecule has 2 N–H and O–H groups in total. The lowest BCUT2D eigenvalue weighted by Gasteiger charge is -2.12. The molecule has 0 aliphatic heterocycles. The number of nitrogens with zero attached hydrogens (tertiary/aromatic N) is 2. The van der Waals surface area contributed by atoms with Crippen molar-refractivity contribution in [2.24, 2.45) is 0 Å². The number of hydrogen-bond acceptors (Lipinski definition) is 4. The molecule has 0 aliphatic rings. The van der Waals surface area contributed by atoms with E-state index in [4.69, 9.17) is 0 Å². The molecule has 0 spiro atoms. The van der Waals surface area contributed by atoms with Crippen LogP contribution in [0.2, 0.25) is 0 Å². The summed E-state index contributed by atoms with van der Waals surface area (Å²) in [6.07, 6.45) is 5.85. The number of carbonyl (C=O) groups is 1. The molecule has 0 radical (unpaired) electrons. The summed E-state index contributed by atoms with van der Waals surface area (Å²) in [5.41, 5.74) is 2.87. The zero-order valence-corrected chi connectivity index (χ0v) is 13.6. The maximum atomic E-state index is 12.4. The fourth-order valence-electron chi connectivity index (χ4n) is 1.81. The van der Waals surface area contributed by atoms with Crippen molar-refractivity contribution >= 4 is 33.2 Å². The molecule has 2 heterocycles. The predicted octanol–water partition coefficient (Wildman–Crippen LogP) is 3.62. The van der Waals surface area contributed by atoms with Gasteiger partial charge in [0.2, 0.25) is 0 Å². The molecule has 0 bridgehead atoms. The normalized spacial score (nSPS) is 10.2. The van der Waals surface area contributed by atoms with Gasteiger partial charge in [0.1, 0.15) is 0 Å². The lowest BCUT2D eigenvalue weighted by atomic mass is 10.2. The van der Waals surface area contributed by atoms with E-state index < -0.39 is 0 Å². The average Bonchev–Trinajstić information content (AvgIpc) is 2.47. The molecule has 5 nitrogen and oxygen atoms in total. The van der Waals surface area contributed by atoms with E-state index in [1.165, 1.54) is 0 Å². The monoisotopic (exact) mass is 348 g/mol. The lowest BCUT2D eigenvalue weighted by molar-refractivity contribution is 0.102. The lowest BCUT2D eigenvalue weighted by Crippen LogP contribution is -2.16. The van der Waals surface area contributed by atoms with Crippen molar-refractivity contribution in [3.8, 4) is 0 Å². The molecular weight excluding hydrogens is 332 g/mol. The van der Waals surface area contributed by atoms with Gasteiger partial charge in [-0.15, -0.1) is 0 Å². The fraction of sp³-hybridized carbons (Fsp3) is 0.267. The summed E-state index contributed by atoms with van der Waals surface area (Å²) in [7, 11) is 0. The molecule has 0 aromatic carbocycles. The van der Waals surface area contributed by atoms with Gasteiger partial charge in [-0.25, -0.2) is 0 Å². The molecular formula is C15H17BrN4O. The van der Waals surface area contributed by atoms with Gasteiger partial charge in [-0.2, -0.15) is 0 Å². The van der Waals surface area contributed by atoms with Crippen LogP contribution in [0.4, 0.5) is 11.4 Å². The number of rotatable bonds is 5. The SMILES string of the molecule is CCCNc1cc(C)ncc1C(=O)Nc1ccncc1Br. The number of nitrogens with one attached hydrogen (secondary N) is 2. The first-order chi connectivity index (χ1) is 10.1. The summed E-state index contributed by atoms with van der Waals surface area (Å²) < 4.78 is 0.737. The van der Waals surface area contributed by atoms with Crippen LogP contribution in [0.1, 0.15) is 29.4 Å². The minimum Gasteiger partial charge on any atom is -0.384 e. The van der Waals surface area contributed by atoms with Gasteiger partial charge in [0.15, 0.2) is 0 Å². The molecule has 0 atom stereocenters. The van der Waals surface area contributed by atoms with E-state index in [0.29, 0.717) is 11.3 Å². The summed E-state index contributed by atoms with van der Waals surface area (Å²) in [6.45, 7) is 4.79. The van der Waals surface area contributed by atoms with Crippen molar-refractivity contribution in [3.63, 3.8) is 0 Å². The Morgan fingerprint density at radius 2 is 2.14 bits per heavy atom. The number of halogens is 1. The first-order valence-corrected chi connectivity index (χ1v) is 7.52. The molecule has 0 aliphatic carbocycles. The molecule has 0 saturated carbocycles. The van der Waals surface area contributed by atoms with Gasteiger partial charge in [0.05, 0.1) is 21.4 Å². The Morgan fingerprint density at radius 3 is 2.86 bits per heavy atom. The molecule has 0 saturated heterocycles. The largest absolute Gasteiger partial charge is 0.384 e. The van der Waals surface area contributed by atoms with Gasteiger partial charge in [-0.3, -0.25) is 14.8 Å². The minimum atomic E-state index is -0.201. The smallest absolute Gasteiger partial charge is 0.259 e. The standard InChI is InChI=1S/C15H17BrN4O/c1-3-5-18-14-7-10(2)19-8-11(14)15(21)20-13-4-6-17-9-12(13)16/h4,6-9H,3,5H2,1-2H3,(H,18,19)(H,17,20,21). The maximum Gasteiger partial charge on any atom is 0.259 e. The Morgan fingerprint density at radius 1 is 1.33 bits per heavy atom. The molecule has 0 fully saturated rings. The predicted molar refractivity (Wildman–Crippen MR) is 87.6 cm³/mol. The van der Waals surface area contributed by atoms with E-state index in [1.807, 2.05) is 13.0 Å². The highest BCUT2D eigenvalue weighted by Crippen LogP contribution is 2.22. The maximum absolute atomic E-state index is 12.4. The highest BCUT2D eigenvalue weighted by atomic mass is 79.9. The second kappa shape index (κ2) is 7.17. The Kier molecular flexibility index (Phi) is 5.27. The van der Waals surface area contributed by atoms with Crippen LogP contribution < -0.4 is 10.6 Å². The van der Waals surface area contributed by atoms with Gasteiger partial charge in [-0.1, -0.05) is 6.92 Å². The fourth-order valence-corrected chi connectivity index (χ4v) is 2.16. The number of aromatic nitrogens is 2. The van der Waals surface area contributed by atoms with Crippen LogP contribution in [0.3, 0.4) is 0 Å². The minimum absolute atomic E-state index is 0.201. The van der Waals surface area contributed by atoms with Gasteiger partial charge in [0.25, 0.3) is 5.91 Å². The van der Waals surface area contributed by atoms with Crippen LogP contribution in [0.25, 0.3) is 0 Å². The summed E-state index contributed by atoms with van der Waals surface area (Å²) in [5, 5.41) is 6.12. The van der Waals surface area contributed by atoms with Gasteiger partial charge in [0, 0.05) is 30.8 Å². The van der Waals surface area contributed by atoms with E-state index in [1.54, 1.807) is 24.7 Å². The molecule has 2 aromatic rings. The molecule has 1 amide bonds. The van der Waals surface area contributed by atoms with E-state index in [9.17, 15) is 4.79 Å². The van der Waals surface area contributed by atoms with E-state index >= 15 is 0 Å². The molecule has 2 aromatic heterocycles. The number of carbonyl (C=O) groups excluding carboxylic acids is 1. The van der Waals surface area contributed by atoms with Crippen molar-refractivity contribution in [3.05, 3.63) is 46.5 Å². The van der Waals surface area contributed by atoms with Crippen molar-refractivity contribution in [2.45, 2.75) is 20.3 Å². The highest BCUT2D eigenvalue weighted by Gasteiger charge is 2.13. The Bertz CT molecular complexity index is 645. The summed E-state index contributed by atoms with van der Waals surface area (Å²) in [5.74, 6) is -0.201. The van der Waals surface area contributed by atoms with E-state index in [2.05, 4.69) is 43.5 Å².